The van der Waals surface area contributed by atoms with Gasteiger partial charge in [0.15, 0.2) is 0 Å². The average molecular weight is 232 g/mol. The third kappa shape index (κ3) is 2.68. The molecule has 84 valence electrons. The van der Waals surface area contributed by atoms with Crippen molar-refractivity contribution < 1.29 is 0 Å². The van der Waals surface area contributed by atoms with Crippen LogP contribution in [0.25, 0.3) is 10.4 Å². The van der Waals surface area contributed by atoms with Crippen molar-refractivity contribution in [2.75, 3.05) is 6.54 Å². The predicted molar refractivity (Wildman–Crippen MR) is 69.7 cm³/mol. The second kappa shape index (κ2) is 5.23. The molecular weight excluding hydrogens is 216 g/mol. The van der Waals surface area contributed by atoms with E-state index in [1.807, 2.05) is 6.20 Å². The molecule has 0 aliphatic heterocycles. The van der Waals surface area contributed by atoms with Crippen molar-refractivity contribution in [2.45, 2.75) is 19.8 Å². The minimum Gasteiger partial charge on any atom is -0.330 e. The van der Waals surface area contributed by atoms with Crippen LogP contribution in [0.3, 0.4) is 0 Å². The van der Waals surface area contributed by atoms with Gasteiger partial charge in [-0.3, -0.25) is 0 Å². The third-order valence-electron chi connectivity index (χ3n) is 2.45. The van der Waals surface area contributed by atoms with Gasteiger partial charge in [-0.2, -0.15) is 0 Å². The summed E-state index contributed by atoms with van der Waals surface area (Å²) in [5.41, 5.74) is 8.04. The fourth-order valence-electron chi connectivity index (χ4n) is 1.61. The van der Waals surface area contributed by atoms with Gasteiger partial charge in [-0.15, -0.1) is 11.3 Å². The number of nitrogens with two attached hydrogens (primary N) is 1. The molecule has 3 heteroatoms. The molecular formula is C13H16N2S. The number of thiazole rings is 1. The van der Waals surface area contributed by atoms with Crippen molar-refractivity contribution in [1.29, 1.82) is 0 Å². The van der Waals surface area contributed by atoms with Gasteiger partial charge in [0.25, 0.3) is 0 Å². The number of aryl methyl sites for hydroxylation is 2. The Morgan fingerprint density at radius 2 is 2.25 bits per heavy atom. The van der Waals surface area contributed by atoms with Gasteiger partial charge >= 0.3 is 0 Å². The van der Waals surface area contributed by atoms with Crippen LogP contribution in [0.1, 0.15) is 17.0 Å². The first-order valence-electron chi connectivity index (χ1n) is 5.51. The summed E-state index contributed by atoms with van der Waals surface area (Å²) in [7, 11) is 0. The molecule has 1 aromatic heterocycles. The van der Waals surface area contributed by atoms with Crippen molar-refractivity contribution in [1.82, 2.24) is 4.98 Å². The normalized spacial score (nSPS) is 10.6. The van der Waals surface area contributed by atoms with Gasteiger partial charge in [-0.1, -0.05) is 29.8 Å². The molecule has 0 unspecified atom stereocenters. The van der Waals surface area contributed by atoms with Crippen molar-refractivity contribution in [2.24, 2.45) is 5.73 Å². The minimum atomic E-state index is 0.735. The van der Waals surface area contributed by atoms with E-state index in [9.17, 15) is 0 Å². The van der Waals surface area contributed by atoms with E-state index >= 15 is 0 Å². The molecule has 2 aromatic rings. The Labute approximate surface area is 100 Å². The van der Waals surface area contributed by atoms with Gasteiger partial charge in [0, 0.05) is 12.6 Å². The Bertz CT molecular complexity index is 462. The number of hydrogen-bond acceptors (Lipinski definition) is 3. The SMILES string of the molecule is Cc1cccc(-c2cnc(CCCN)s2)c1. The molecule has 0 bridgehead atoms. The largest absolute Gasteiger partial charge is 0.330 e. The second-order valence-corrected chi connectivity index (χ2v) is 5.00. The van der Waals surface area contributed by atoms with E-state index in [2.05, 4.69) is 36.2 Å². The summed E-state index contributed by atoms with van der Waals surface area (Å²) < 4.78 is 0. The zero-order chi connectivity index (χ0) is 11.4. The molecule has 1 heterocycles. The molecule has 0 aliphatic rings. The molecule has 1 aromatic carbocycles. The van der Waals surface area contributed by atoms with E-state index in [-0.39, 0.29) is 0 Å². The summed E-state index contributed by atoms with van der Waals surface area (Å²) in [5, 5.41) is 1.18. The fourth-order valence-corrected chi connectivity index (χ4v) is 2.57. The Balaban J connectivity index is 2.18. The molecule has 0 atom stereocenters. The first-order valence-corrected chi connectivity index (χ1v) is 6.33. The molecule has 2 N–H and O–H groups in total. The predicted octanol–water partition coefficient (Wildman–Crippen LogP) is 3.01. The lowest BCUT2D eigenvalue weighted by Crippen LogP contribution is -1.99. The second-order valence-electron chi connectivity index (χ2n) is 3.88. The smallest absolute Gasteiger partial charge is 0.0931 e. The van der Waals surface area contributed by atoms with Gasteiger partial charge in [0.1, 0.15) is 0 Å². The van der Waals surface area contributed by atoms with E-state index < -0.39 is 0 Å². The molecule has 0 saturated heterocycles. The molecule has 2 rings (SSSR count). The van der Waals surface area contributed by atoms with Crippen molar-refractivity contribution in [3.05, 3.63) is 41.0 Å². The Morgan fingerprint density at radius 1 is 1.38 bits per heavy atom. The quantitative estimate of drug-likeness (QED) is 0.880. The van der Waals surface area contributed by atoms with Crippen LogP contribution < -0.4 is 5.73 Å². The molecule has 0 saturated carbocycles. The van der Waals surface area contributed by atoms with Crippen molar-refractivity contribution >= 4 is 11.3 Å². The number of hydrogen-bond donors (Lipinski definition) is 1. The van der Waals surface area contributed by atoms with E-state index in [4.69, 9.17) is 5.73 Å². The standard InChI is InChI=1S/C13H16N2S/c1-10-4-2-5-11(8-10)12-9-15-13(16-12)6-3-7-14/h2,4-5,8-9H,3,6-7,14H2,1H3. The maximum absolute atomic E-state index is 5.49. The van der Waals surface area contributed by atoms with Crippen LogP contribution in [0.4, 0.5) is 0 Å². The van der Waals surface area contributed by atoms with Crippen LogP contribution in [-0.2, 0) is 6.42 Å². The fraction of sp³-hybridized carbons (Fsp3) is 0.308. The summed E-state index contributed by atoms with van der Waals surface area (Å²) in [6.07, 6.45) is 3.97. The molecule has 0 fully saturated rings. The topological polar surface area (TPSA) is 38.9 Å². The molecule has 0 aliphatic carbocycles. The highest BCUT2D eigenvalue weighted by molar-refractivity contribution is 7.15. The monoisotopic (exact) mass is 232 g/mol. The van der Waals surface area contributed by atoms with Gasteiger partial charge in [0.05, 0.1) is 9.88 Å². The van der Waals surface area contributed by atoms with E-state index in [0.717, 1.165) is 19.4 Å². The zero-order valence-electron chi connectivity index (χ0n) is 9.44. The van der Waals surface area contributed by atoms with Gasteiger partial charge in [-0.05, 0) is 25.5 Å². The highest BCUT2D eigenvalue weighted by atomic mass is 32.1. The molecule has 2 nitrogen and oxygen atoms in total. The molecule has 0 amide bonds. The zero-order valence-corrected chi connectivity index (χ0v) is 10.3. The van der Waals surface area contributed by atoms with E-state index in [1.165, 1.54) is 21.0 Å². The average Bonchev–Trinajstić information content (AvgIpc) is 2.75. The highest BCUT2D eigenvalue weighted by Gasteiger charge is 2.03. The summed E-state index contributed by atoms with van der Waals surface area (Å²) in [6, 6.07) is 8.53. The maximum atomic E-state index is 5.49. The van der Waals surface area contributed by atoms with Crippen LogP contribution in [0, 0.1) is 6.92 Å². The summed E-state index contributed by atoms with van der Waals surface area (Å²) >= 11 is 1.77. The van der Waals surface area contributed by atoms with Crippen LogP contribution in [-0.4, -0.2) is 11.5 Å². The van der Waals surface area contributed by atoms with Crippen LogP contribution in [0.5, 0.6) is 0 Å². The number of nitrogens with zero attached hydrogens (tertiary/aromatic N) is 1. The van der Waals surface area contributed by atoms with Gasteiger partial charge in [0.2, 0.25) is 0 Å². The Hall–Kier alpha value is -1.19. The third-order valence-corrected chi connectivity index (χ3v) is 3.56. The van der Waals surface area contributed by atoms with Crippen LogP contribution in [0.15, 0.2) is 30.5 Å². The van der Waals surface area contributed by atoms with Gasteiger partial charge < -0.3 is 5.73 Å². The lowest BCUT2D eigenvalue weighted by Gasteiger charge is -1.97. The highest BCUT2D eigenvalue weighted by Crippen LogP contribution is 2.27. The molecule has 0 radical (unpaired) electrons. The minimum absolute atomic E-state index is 0.735. The number of benzene rings is 1. The van der Waals surface area contributed by atoms with Crippen LogP contribution >= 0.6 is 11.3 Å². The summed E-state index contributed by atoms with van der Waals surface area (Å²) in [5.74, 6) is 0. The van der Waals surface area contributed by atoms with E-state index in [0.29, 0.717) is 0 Å². The van der Waals surface area contributed by atoms with Crippen molar-refractivity contribution in [3.8, 4) is 10.4 Å². The summed E-state index contributed by atoms with van der Waals surface area (Å²) in [4.78, 5) is 5.67. The van der Waals surface area contributed by atoms with Gasteiger partial charge in [-0.25, -0.2) is 4.98 Å². The first-order chi connectivity index (χ1) is 7.79. The van der Waals surface area contributed by atoms with E-state index in [1.54, 1.807) is 11.3 Å². The first kappa shape index (κ1) is 11.3. The lowest BCUT2D eigenvalue weighted by atomic mass is 10.1. The number of rotatable bonds is 4. The Morgan fingerprint density at radius 3 is 3.00 bits per heavy atom. The number of aromatic nitrogens is 1. The summed E-state index contributed by atoms with van der Waals surface area (Å²) in [6.45, 7) is 2.85. The molecule has 0 spiro atoms. The molecule has 16 heavy (non-hydrogen) atoms. The van der Waals surface area contributed by atoms with Crippen molar-refractivity contribution in [3.63, 3.8) is 0 Å². The van der Waals surface area contributed by atoms with Crippen LogP contribution in [0.2, 0.25) is 0 Å². The maximum Gasteiger partial charge on any atom is 0.0931 e. The lowest BCUT2D eigenvalue weighted by molar-refractivity contribution is 0.826. The Kier molecular flexibility index (Phi) is 3.70.